The van der Waals surface area contributed by atoms with Crippen molar-refractivity contribution in [1.29, 1.82) is 27.0 Å². The zero-order valence-electron chi connectivity index (χ0n) is 61.8. The average Bonchev–Trinajstić information content (AvgIpc) is 1.63. The highest BCUT2D eigenvalue weighted by molar-refractivity contribution is 5.83. The highest BCUT2D eigenvalue weighted by Gasteiger charge is 2.45. The number of fused-ring (bicyclic) bond motifs is 3. The number of nitrogens with zero attached hydrogens (tertiary/aromatic N) is 15. The van der Waals surface area contributed by atoms with Crippen LogP contribution in [0.4, 0.5) is 17.5 Å². The van der Waals surface area contributed by atoms with Crippen molar-refractivity contribution in [2.45, 2.75) is 170 Å². The third-order valence-corrected chi connectivity index (χ3v) is 21.1. The van der Waals surface area contributed by atoms with E-state index >= 15 is 0 Å². The van der Waals surface area contributed by atoms with Crippen LogP contribution in [0.25, 0.3) is 33.5 Å². The molecule has 0 saturated carbocycles. The molecule has 0 amide bonds. The van der Waals surface area contributed by atoms with Crippen LogP contribution in [0.1, 0.15) is 92.6 Å². The number of nitrogens with one attached hydrogen (secondary N) is 18. The average molecular weight is 1600 g/mol. The quantitative estimate of drug-likeness (QED) is 0.0222. The molecule has 50 nitrogen and oxygen atoms in total. The van der Waals surface area contributed by atoms with Gasteiger partial charge >= 0.3 is 17.1 Å². The molecule has 50 heteroatoms. The fraction of sp³-hybridized carbons (Fsp3) is 0.508. The van der Waals surface area contributed by atoms with Crippen LogP contribution in [0.5, 0.6) is 0 Å². The predicted octanol–water partition coefficient (Wildman–Crippen LogP) is -6.68. The first-order valence-corrected chi connectivity index (χ1v) is 36.7. The molecule has 0 radical (unpaired) electrons. The molecule has 15 rings (SSSR count). The SMILES string of the molecule is Cc1cn([C@H]2C[C@H](NC(=N)NC[C@H]3O[C@@H](n4cnc5c(N)ncnc54)C[C@@H]3NC(=N)NC[C@H]3O[C@@H](n4cc(C)c(=O)[nH]c4=O)C[C@@H]3NC(=N)NC[C@H]3O[C@@H](n4cnc5c(N)ncnc54)C[C@@H]3O)[C@@H](CNC(=N)N[C@H]3C[C@H](n4cc(C)c(=O)[nH]c4=O)O[C@@H]3CNC(=N)N[C@H]3C[C@H](n4cnc5c(N)ncnc54)O[C@@H]3CO)O2)c(=O)[nH]c1=O. The predicted molar refractivity (Wildman–Crippen MR) is 405 cm³/mol. The highest BCUT2D eigenvalue weighted by atomic mass is 16.5. The van der Waals surface area contributed by atoms with E-state index in [2.05, 4.69) is 113 Å². The molecule has 0 aliphatic carbocycles. The minimum atomic E-state index is -1.01. The van der Waals surface area contributed by atoms with Gasteiger partial charge in [0.15, 0.2) is 64.2 Å². The van der Waals surface area contributed by atoms with Gasteiger partial charge in [0.05, 0.1) is 86.3 Å². The Morgan fingerprint density at radius 3 is 0.939 bits per heavy atom. The van der Waals surface area contributed by atoms with E-state index in [4.69, 9.17) is 56.4 Å². The number of aromatic amines is 3. The summed E-state index contributed by atoms with van der Waals surface area (Å²) in [5.74, 6) is -0.519. The van der Waals surface area contributed by atoms with Crippen molar-refractivity contribution in [3.8, 4) is 0 Å². The number of aryl methyl sites for hydroxylation is 3. The first-order valence-electron chi connectivity index (χ1n) is 36.7. The molecule has 6 fully saturated rings. The molecule has 15 heterocycles. The van der Waals surface area contributed by atoms with Gasteiger partial charge < -0.3 is 109 Å². The highest BCUT2D eigenvalue weighted by Crippen LogP contribution is 2.36. The number of aliphatic hydroxyl groups is 2. The fourth-order valence-corrected chi connectivity index (χ4v) is 15.1. The zero-order valence-corrected chi connectivity index (χ0v) is 61.8. The lowest BCUT2D eigenvalue weighted by molar-refractivity contribution is -0.0244. The van der Waals surface area contributed by atoms with Gasteiger partial charge in [0.25, 0.3) is 16.7 Å². The second kappa shape index (κ2) is 32.3. The summed E-state index contributed by atoms with van der Waals surface area (Å²) in [5.41, 5.74) is 17.2. The molecular formula is C65H86N36O14. The van der Waals surface area contributed by atoms with Crippen molar-refractivity contribution in [3.63, 3.8) is 0 Å². The topological polar surface area (TPSA) is 709 Å². The summed E-state index contributed by atoms with van der Waals surface area (Å²) in [7, 11) is 0. The Hall–Kier alpha value is -12.9. The van der Waals surface area contributed by atoms with Crippen molar-refractivity contribution in [3.05, 3.63) is 136 Å². The molecule has 9 aromatic rings. The maximum absolute atomic E-state index is 13.4. The Balaban J connectivity index is 0.603. The van der Waals surface area contributed by atoms with E-state index < -0.39 is 151 Å². The molecule has 0 aromatic carbocycles. The van der Waals surface area contributed by atoms with E-state index in [1.165, 1.54) is 84.1 Å². The summed E-state index contributed by atoms with van der Waals surface area (Å²) in [4.78, 5) is 123. The molecule has 610 valence electrons. The van der Waals surface area contributed by atoms with E-state index in [-0.39, 0.29) is 135 Å². The Morgan fingerprint density at radius 1 is 0.391 bits per heavy atom. The monoisotopic (exact) mass is 1590 g/mol. The number of guanidine groups is 5. The van der Waals surface area contributed by atoms with Crippen LogP contribution in [-0.4, -0.2) is 239 Å². The summed E-state index contributed by atoms with van der Waals surface area (Å²) in [6.45, 7) is 3.86. The number of aromatic nitrogens is 18. The zero-order chi connectivity index (χ0) is 80.8. The van der Waals surface area contributed by atoms with Gasteiger partial charge in [-0.25, -0.2) is 59.2 Å². The molecule has 9 aromatic heterocycles. The van der Waals surface area contributed by atoms with Crippen LogP contribution < -0.4 is 104 Å². The number of ether oxygens (including phenoxy) is 6. The van der Waals surface area contributed by atoms with Gasteiger partial charge in [0, 0.05) is 107 Å². The van der Waals surface area contributed by atoms with Crippen molar-refractivity contribution >= 4 is 80.7 Å². The number of H-pyrrole nitrogens is 3. The largest absolute Gasteiger partial charge is 0.394 e. The molecule has 0 unspecified atom stereocenters. The Morgan fingerprint density at radius 2 is 0.643 bits per heavy atom. The minimum absolute atomic E-state index is 0.00880. The molecule has 6 aliphatic rings. The maximum Gasteiger partial charge on any atom is 0.330 e. The third-order valence-electron chi connectivity index (χ3n) is 21.1. The van der Waals surface area contributed by atoms with E-state index in [0.29, 0.717) is 33.5 Å². The normalized spacial score (nSPS) is 27.1. The van der Waals surface area contributed by atoms with Crippen LogP contribution in [0.2, 0.25) is 0 Å². The van der Waals surface area contributed by atoms with E-state index in [1.807, 2.05) is 0 Å². The fourth-order valence-electron chi connectivity index (χ4n) is 15.1. The lowest BCUT2D eigenvalue weighted by Crippen LogP contribution is -2.55. The van der Waals surface area contributed by atoms with Crippen LogP contribution in [0.15, 0.2) is 85.3 Å². The number of anilines is 3. The van der Waals surface area contributed by atoms with Crippen LogP contribution in [0, 0.1) is 47.8 Å². The number of imidazole rings is 3. The van der Waals surface area contributed by atoms with E-state index in [1.54, 1.807) is 20.6 Å². The molecule has 0 bridgehead atoms. The number of nitrogens with two attached hydrogens (primary N) is 3. The number of nitrogen functional groups attached to an aromatic ring is 3. The van der Waals surface area contributed by atoms with Crippen molar-refractivity contribution < 1.29 is 38.6 Å². The lowest BCUT2D eigenvalue weighted by Gasteiger charge is -2.26. The van der Waals surface area contributed by atoms with Gasteiger partial charge in [0.1, 0.15) is 85.1 Å². The van der Waals surface area contributed by atoms with E-state index in [0.717, 1.165) is 0 Å². The Kier molecular flexibility index (Phi) is 21.8. The van der Waals surface area contributed by atoms with Crippen molar-refractivity contribution in [1.82, 2.24) is 140 Å². The first kappa shape index (κ1) is 77.4. The number of hydrogen-bond acceptors (Lipinski definition) is 31. The van der Waals surface area contributed by atoms with Gasteiger partial charge in [-0.1, -0.05) is 0 Å². The second-order valence-electron chi connectivity index (χ2n) is 28.7. The standard InChI is InChI=1S/C65H86N36O14/c1-25-15-96(63(107)93-55(25)104)40-4-28(34(110-40)10-74-58(69)88-29-5-41(97-16-26(2)56(105)94-64(97)108)112-36(29)12-77-61(72)92-32-8-44(115-39(32)18-102)100-23-86-47-50(67)80-20-83-53(47)100)89-59(70)76-13-37-31(7-43(113-37)99-22-85-46-49(66)79-19-82-52(46)99)91-60(71)75-11-35-30(6-42(111-35)98-17-27(3)57(106)95-65(98)109)90-62(73)78-14-38-33(103)9-45(114-38)101-24-87-48-51(68)81-21-84-54(48)101/h15-17,19-24,28-45,102-103H,4-14,18H2,1-3H3,(H2,66,79,82)(H2,67,80,83)(H2,68,81,84)(H3,69,74,88)(H3,70,76,89)(H3,71,75,91)(H3,72,77,92)(H3,73,78,90)(H,93,104,107)(H,94,105,108)(H,95,106,109)/t28-,29-,30-,31-,32-,33-,34+,35+,36+,37+,38+,39+,40+,41+,42+,43+,44+,45+/m0/s1. The van der Waals surface area contributed by atoms with Crippen molar-refractivity contribution in [2.75, 3.05) is 56.5 Å². The minimum Gasteiger partial charge on any atom is -0.394 e. The summed E-state index contributed by atoms with van der Waals surface area (Å²) in [6.07, 6.45) is 2.46. The Bertz CT molecular complexity index is 5580. The second-order valence-corrected chi connectivity index (χ2v) is 28.7. The van der Waals surface area contributed by atoms with Gasteiger partial charge in [-0.2, -0.15) is 0 Å². The Labute approximate surface area is 646 Å². The summed E-state index contributed by atoms with van der Waals surface area (Å²) < 4.78 is 47.2. The van der Waals surface area contributed by atoms with Gasteiger partial charge in [0.2, 0.25) is 0 Å². The van der Waals surface area contributed by atoms with Crippen LogP contribution >= 0.6 is 0 Å². The van der Waals surface area contributed by atoms with Gasteiger partial charge in [-0.05, 0) is 20.8 Å². The molecule has 6 saturated heterocycles. The summed E-state index contributed by atoms with van der Waals surface area (Å²) >= 11 is 0. The van der Waals surface area contributed by atoms with Gasteiger partial charge in [-0.3, -0.25) is 83.8 Å². The molecule has 0 spiro atoms. The first-order chi connectivity index (χ1) is 55.3. The van der Waals surface area contributed by atoms with E-state index in [9.17, 15) is 55.2 Å². The number of hydrogen-bond donors (Lipinski definition) is 23. The van der Waals surface area contributed by atoms with Crippen LogP contribution in [-0.2, 0) is 28.4 Å². The van der Waals surface area contributed by atoms with Crippen molar-refractivity contribution in [2.24, 2.45) is 0 Å². The molecule has 26 N–H and O–H groups in total. The number of rotatable bonds is 22. The molecule has 115 heavy (non-hydrogen) atoms. The molecule has 18 atom stereocenters. The number of aliphatic hydroxyl groups excluding tert-OH is 2. The molecular weight excluding hydrogens is 1510 g/mol. The summed E-state index contributed by atoms with van der Waals surface area (Å²) in [6, 6.07) is -3.51. The smallest absolute Gasteiger partial charge is 0.330 e. The van der Waals surface area contributed by atoms with Gasteiger partial charge in [-0.15, -0.1) is 0 Å². The third kappa shape index (κ3) is 16.3. The van der Waals surface area contributed by atoms with Crippen LogP contribution in [0.3, 0.4) is 0 Å². The lowest BCUT2D eigenvalue weighted by atomic mass is 10.1. The summed E-state index contributed by atoms with van der Waals surface area (Å²) in [5, 5.41) is 98.4. The molecule has 6 aliphatic heterocycles. The maximum atomic E-state index is 13.4.